The van der Waals surface area contributed by atoms with Gasteiger partial charge < -0.3 is 9.47 Å². The van der Waals surface area contributed by atoms with Crippen LogP contribution in [0.1, 0.15) is 0 Å². The summed E-state index contributed by atoms with van der Waals surface area (Å²) < 4.78 is 12.2. The van der Waals surface area contributed by atoms with Gasteiger partial charge in [-0.15, -0.1) is 0 Å². The Kier molecular flexibility index (Phi) is 2.81. The molecular weight excluding hydrogens is 204 g/mol. The molecule has 0 N–H and O–H groups in total. The van der Waals surface area contributed by atoms with Crippen molar-refractivity contribution in [3.05, 3.63) is 30.5 Å². The third-order valence-electron chi connectivity index (χ3n) is 2.40. The van der Waals surface area contributed by atoms with E-state index in [1.54, 1.807) is 18.9 Å². The van der Waals surface area contributed by atoms with Crippen molar-refractivity contribution in [1.29, 1.82) is 0 Å². The second-order valence-corrected chi connectivity index (χ2v) is 3.44. The second kappa shape index (κ2) is 4.26. The van der Waals surface area contributed by atoms with E-state index in [1.165, 1.54) is 0 Å². The molecule has 84 valence electrons. The maximum atomic E-state index is 5.32. The minimum atomic E-state index is 0.762. The van der Waals surface area contributed by atoms with E-state index in [4.69, 9.17) is 9.47 Å². The SMILES string of the molecule is COc1ccc(-c2ccn(C)n2)c(OC)c1. The summed E-state index contributed by atoms with van der Waals surface area (Å²) in [5.41, 5.74) is 1.85. The summed E-state index contributed by atoms with van der Waals surface area (Å²) in [5, 5.41) is 4.34. The zero-order valence-corrected chi connectivity index (χ0v) is 9.60. The van der Waals surface area contributed by atoms with Crippen molar-refractivity contribution in [2.75, 3.05) is 14.2 Å². The maximum absolute atomic E-state index is 5.32. The number of rotatable bonds is 3. The predicted molar refractivity (Wildman–Crippen MR) is 61.7 cm³/mol. The number of benzene rings is 1. The van der Waals surface area contributed by atoms with Gasteiger partial charge in [0.1, 0.15) is 11.5 Å². The van der Waals surface area contributed by atoms with Gasteiger partial charge >= 0.3 is 0 Å². The van der Waals surface area contributed by atoms with Crippen LogP contribution in [0.15, 0.2) is 30.5 Å². The van der Waals surface area contributed by atoms with Crippen LogP contribution in [0, 0.1) is 0 Å². The number of aryl methyl sites for hydroxylation is 1. The van der Waals surface area contributed by atoms with Crippen molar-refractivity contribution < 1.29 is 9.47 Å². The van der Waals surface area contributed by atoms with Crippen LogP contribution in [0.2, 0.25) is 0 Å². The molecule has 1 aromatic heterocycles. The van der Waals surface area contributed by atoms with Gasteiger partial charge in [-0.25, -0.2) is 0 Å². The van der Waals surface area contributed by atoms with Gasteiger partial charge in [0.05, 0.1) is 19.9 Å². The van der Waals surface area contributed by atoms with Crippen LogP contribution in [0.4, 0.5) is 0 Å². The highest BCUT2D eigenvalue weighted by molar-refractivity contribution is 5.68. The van der Waals surface area contributed by atoms with E-state index in [0.717, 1.165) is 22.8 Å². The molecule has 0 unspecified atom stereocenters. The topological polar surface area (TPSA) is 36.3 Å². The summed E-state index contributed by atoms with van der Waals surface area (Å²) >= 11 is 0. The van der Waals surface area contributed by atoms with E-state index in [1.807, 2.05) is 37.5 Å². The third-order valence-corrected chi connectivity index (χ3v) is 2.40. The molecule has 0 saturated heterocycles. The Labute approximate surface area is 94.4 Å². The number of ether oxygens (including phenoxy) is 2. The van der Waals surface area contributed by atoms with E-state index in [0.29, 0.717) is 0 Å². The van der Waals surface area contributed by atoms with Gasteiger partial charge in [-0.1, -0.05) is 0 Å². The van der Waals surface area contributed by atoms with E-state index >= 15 is 0 Å². The highest BCUT2D eigenvalue weighted by Crippen LogP contribution is 2.31. The lowest BCUT2D eigenvalue weighted by atomic mass is 10.1. The lowest BCUT2D eigenvalue weighted by molar-refractivity contribution is 0.395. The molecule has 1 heterocycles. The summed E-state index contributed by atoms with van der Waals surface area (Å²) in [6.07, 6.45) is 1.90. The van der Waals surface area contributed by atoms with Gasteiger partial charge in [-0.3, -0.25) is 4.68 Å². The van der Waals surface area contributed by atoms with Crippen LogP contribution in [-0.2, 0) is 7.05 Å². The van der Waals surface area contributed by atoms with Crippen molar-refractivity contribution in [3.63, 3.8) is 0 Å². The highest BCUT2D eigenvalue weighted by Gasteiger charge is 2.09. The molecule has 0 amide bonds. The molecule has 0 atom stereocenters. The maximum Gasteiger partial charge on any atom is 0.132 e. The molecule has 0 aliphatic heterocycles. The number of methoxy groups -OCH3 is 2. The molecule has 2 aromatic rings. The fourth-order valence-corrected chi connectivity index (χ4v) is 1.57. The van der Waals surface area contributed by atoms with E-state index < -0.39 is 0 Å². The second-order valence-electron chi connectivity index (χ2n) is 3.44. The Hall–Kier alpha value is -1.97. The van der Waals surface area contributed by atoms with E-state index in [9.17, 15) is 0 Å². The molecule has 0 fully saturated rings. The summed E-state index contributed by atoms with van der Waals surface area (Å²) in [5.74, 6) is 1.54. The summed E-state index contributed by atoms with van der Waals surface area (Å²) in [7, 11) is 5.16. The fourth-order valence-electron chi connectivity index (χ4n) is 1.57. The summed E-state index contributed by atoms with van der Waals surface area (Å²) in [6.45, 7) is 0. The molecule has 0 radical (unpaired) electrons. The molecule has 2 rings (SSSR count). The monoisotopic (exact) mass is 218 g/mol. The lowest BCUT2D eigenvalue weighted by Gasteiger charge is -2.08. The predicted octanol–water partition coefficient (Wildman–Crippen LogP) is 2.10. The van der Waals surface area contributed by atoms with Crippen LogP contribution in [0.5, 0.6) is 11.5 Å². The standard InChI is InChI=1S/C12H14N2O2/c1-14-7-6-11(13-14)10-5-4-9(15-2)8-12(10)16-3/h4-8H,1-3H3. The molecule has 0 aliphatic carbocycles. The minimum Gasteiger partial charge on any atom is -0.497 e. The van der Waals surface area contributed by atoms with E-state index in [-0.39, 0.29) is 0 Å². The quantitative estimate of drug-likeness (QED) is 0.791. The van der Waals surface area contributed by atoms with Crippen molar-refractivity contribution in [2.45, 2.75) is 0 Å². The first-order chi connectivity index (χ1) is 7.74. The Morgan fingerprint density at radius 1 is 1.12 bits per heavy atom. The first kappa shape index (κ1) is 10.5. The molecule has 0 aliphatic rings. The lowest BCUT2D eigenvalue weighted by Crippen LogP contribution is -1.92. The zero-order valence-electron chi connectivity index (χ0n) is 9.60. The van der Waals surface area contributed by atoms with Gasteiger partial charge in [0.15, 0.2) is 0 Å². The number of hydrogen-bond acceptors (Lipinski definition) is 3. The smallest absolute Gasteiger partial charge is 0.132 e. The van der Waals surface area contributed by atoms with Crippen LogP contribution >= 0.6 is 0 Å². The minimum absolute atomic E-state index is 0.762. The third kappa shape index (κ3) is 1.86. The van der Waals surface area contributed by atoms with Gasteiger partial charge in [-0.05, 0) is 18.2 Å². The Bertz CT molecular complexity index is 492. The summed E-state index contributed by atoms with van der Waals surface area (Å²) in [6, 6.07) is 7.64. The Morgan fingerprint density at radius 2 is 1.94 bits per heavy atom. The summed E-state index contributed by atoms with van der Waals surface area (Å²) in [4.78, 5) is 0. The Balaban J connectivity index is 2.48. The number of aromatic nitrogens is 2. The van der Waals surface area contributed by atoms with Crippen LogP contribution < -0.4 is 9.47 Å². The van der Waals surface area contributed by atoms with Crippen molar-refractivity contribution in [1.82, 2.24) is 9.78 Å². The Morgan fingerprint density at radius 3 is 2.50 bits per heavy atom. The molecule has 4 nitrogen and oxygen atoms in total. The van der Waals surface area contributed by atoms with Crippen molar-refractivity contribution >= 4 is 0 Å². The van der Waals surface area contributed by atoms with Gasteiger partial charge in [-0.2, -0.15) is 5.10 Å². The number of nitrogens with zero attached hydrogens (tertiary/aromatic N) is 2. The first-order valence-electron chi connectivity index (χ1n) is 4.96. The normalized spacial score (nSPS) is 10.2. The van der Waals surface area contributed by atoms with Crippen molar-refractivity contribution in [3.8, 4) is 22.8 Å². The molecular formula is C12H14N2O2. The molecule has 0 saturated carbocycles. The molecule has 0 spiro atoms. The van der Waals surface area contributed by atoms with Crippen LogP contribution in [0.3, 0.4) is 0 Å². The van der Waals surface area contributed by atoms with Crippen LogP contribution in [-0.4, -0.2) is 24.0 Å². The largest absolute Gasteiger partial charge is 0.497 e. The molecule has 1 aromatic carbocycles. The van der Waals surface area contributed by atoms with Gasteiger partial charge in [0.25, 0.3) is 0 Å². The first-order valence-corrected chi connectivity index (χ1v) is 4.96. The van der Waals surface area contributed by atoms with Gasteiger partial charge in [0, 0.05) is 24.9 Å². The highest BCUT2D eigenvalue weighted by atomic mass is 16.5. The fraction of sp³-hybridized carbons (Fsp3) is 0.250. The van der Waals surface area contributed by atoms with E-state index in [2.05, 4.69) is 5.10 Å². The van der Waals surface area contributed by atoms with Gasteiger partial charge in [0.2, 0.25) is 0 Å². The molecule has 0 bridgehead atoms. The average Bonchev–Trinajstić information content (AvgIpc) is 2.74. The molecule has 4 heteroatoms. The average molecular weight is 218 g/mol. The van der Waals surface area contributed by atoms with Crippen molar-refractivity contribution in [2.24, 2.45) is 7.05 Å². The zero-order chi connectivity index (χ0) is 11.5. The number of hydrogen-bond donors (Lipinski definition) is 0. The van der Waals surface area contributed by atoms with Crippen LogP contribution in [0.25, 0.3) is 11.3 Å². The molecule has 16 heavy (non-hydrogen) atoms.